The standard InChI is InChI=1S/C29H31N3O5/c1-3-36-29(35)23-11-14-26(25(19-23)30-27(33)20-37-24-12-9-21(2)10-13-24)31-15-17-32(18-16-31)28(34)22-7-5-4-6-8-22/h4-14,19H,3,15-18,20H2,1-2H3,(H,30,33). The van der Waals surface area contributed by atoms with Crippen LogP contribution < -0.4 is 15.0 Å². The summed E-state index contributed by atoms with van der Waals surface area (Å²) in [5.41, 5.74) is 3.37. The largest absolute Gasteiger partial charge is 0.484 e. The second-order valence-corrected chi connectivity index (χ2v) is 8.75. The number of esters is 1. The van der Waals surface area contributed by atoms with Crippen LogP contribution in [0.15, 0.2) is 72.8 Å². The predicted molar refractivity (Wildman–Crippen MR) is 142 cm³/mol. The second-order valence-electron chi connectivity index (χ2n) is 8.75. The maximum absolute atomic E-state index is 12.8. The number of rotatable bonds is 8. The van der Waals surface area contributed by atoms with Crippen LogP contribution in [0.2, 0.25) is 0 Å². The van der Waals surface area contributed by atoms with E-state index in [0.717, 1.165) is 11.3 Å². The number of benzene rings is 3. The third-order valence-electron chi connectivity index (χ3n) is 6.10. The highest BCUT2D eigenvalue weighted by molar-refractivity contribution is 5.99. The lowest BCUT2D eigenvalue weighted by molar-refractivity contribution is -0.118. The van der Waals surface area contributed by atoms with Crippen molar-refractivity contribution < 1.29 is 23.9 Å². The fourth-order valence-electron chi connectivity index (χ4n) is 4.14. The van der Waals surface area contributed by atoms with E-state index in [9.17, 15) is 14.4 Å². The van der Waals surface area contributed by atoms with Crippen molar-refractivity contribution in [3.8, 4) is 5.75 Å². The fraction of sp³-hybridized carbons (Fsp3) is 0.276. The van der Waals surface area contributed by atoms with Crippen molar-refractivity contribution in [2.24, 2.45) is 0 Å². The van der Waals surface area contributed by atoms with Gasteiger partial charge in [-0.25, -0.2) is 4.79 Å². The number of amides is 2. The smallest absolute Gasteiger partial charge is 0.338 e. The average Bonchev–Trinajstić information content (AvgIpc) is 2.93. The molecule has 37 heavy (non-hydrogen) atoms. The van der Waals surface area contributed by atoms with Gasteiger partial charge in [0.1, 0.15) is 5.75 Å². The Kier molecular flexibility index (Phi) is 8.40. The zero-order valence-corrected chi connectivity index (χ0v) is 21.1. The Morgan fingerprint density at radius 3 is 2.24 bits per heavy atom. The summed E-state index contributed by atoms with van der Waals surface area (Å²) in [6.07, 6.45) is 0. The molecule has 1 saturated heterocycles. The number of hydrogen-bond acceptors (Lipinski definition) is 6. The molecule has 3 aromatic rings. The Morgan fingerprint density at radius 2 is 1.57 bits per heavy atom. The van der Waals surface area contributed by atoms with Crippen LogP contribution in [0.5, 0.6) is 5.75 Å². The van der Waals surface area contributed by atoms with Crippen molar-refractivity contribution in [3.05, 3.63) is 89.5 Å². The van der Waals surface area contributed by atoms with Gasteiger partial charge in [0.15, 0.2) is 6.61 Å². The Hall–Kier alpha value is -4.33. The number of ether oxygens (including phenoxy) is 2. The molecule has 0 atom stereocenters. The van der Waals surface area contributed by atoms with Crippen LogP contribution in [0, 0.1) is 6.92 Å². The molecule has 0 bridgehead atoms. The van der Waals surface area contributed by atoms with Gasteiger partial charge in [-0.15, -0.1) is 0 Å². The minimum atomic E-state index is -0.460. The summed E-state index contributed by atoms with van der Waals surface area (Å²) in [6.45, 7) is 6.05. The van der Waals surface area contributed by atoms with E-state index in [2.05, 4.69) is 10.2 Å². The molecule has 1 heterocycles. The molecule has 2 amide bonds. The number of nitrogens with one attached hydrogen (secondary N) is 1. The average molecular weight is 502 g/mol. The molecule has 3 aromatic carbocycles. The van der Waals surface area contributed by atoms with Crippen LogP contribution in [-0.4, -0.2) is 62.1 Å². The third-order valence-corrected chi connectivity index (χ3v) is 6.10. The molecule has 0 saturated carbocycles. The molecule has 1 aliphatic heterocycles. The summed E-state index contributed by atoms with van der Waals surface area (Å²) < 4.78 is 10.8. The monoisotopic (exact) mass is 501 g/mol. The molecule has 0 unspecified atom stereocenters. The normalized spacial score (nSPS) is 13.1. The van der Waals surface area contributed by atoms with E-state index in [1.165, 1.54) is 0 Å². The Labute approximate surface area is 216 Å². The maximum Gasteiger partial charge on any atom is 0.338 e. The number of carbonyl (C=O) groups excluding carboxylic acids is 3. The lowest BCUT2D eigenvalue weighted by Gasteiger charge is -2.37. The van der Waals surface area contributed by atoms with Crippen molar-refractivity contribution >= 4 is 29.2 Å². The first-order chi connectivity index (χ1) is 17.9. The highest BCUT2D eigenvalue weighted by Crippen LogP contribution is 2.29. The van der Waals surface area contributed by atoms with Crippen molar-refractivity contribution in [1.82, 2.24) is 4.90 Å². The maximum atomic E-state index is 12.8. The quantitative estimate of drug-likeness (QED) is 0.467. The molecule has 1 fully saturated rings. The predicted octanol–water partition coefficient (Wildman–Crippen LogP) is 4.15. The number of hydrogen-bond donors (Lipinski definition) is 1. The first kappa shape index (κ1) is 25.8. The molecule has 0 aromatic heterocycles. The molecule has 0 aliphatic carbocycles. The van der Waals surface area contributed by atoms with Crippen molar-refractivity contribution in [3.63, 3.8) is 0 Å². The van der Waals surface area contributed by atoms with E-state index < -0.39 is 5.97 Å². The highest BCUT2D eigenvalue weighted by Gasteiger charge is 2.24. The summed E-state index contributed by atoms with van der Waals surface area (Å²) in [6, 6.07) is 21.8. The fourth-order valence-corrected chi connectivity index (χ4v) is 4.14. The zero-order chi connectivity index (χ0) is 26.2. The second kappa shape index (κ2) is 12.1. The van der Waals surface area contributed by atoms with Crippen LogP contribution in [0.25, 0.3) is 0 Å². The van der Waals surface area contributed by atoms with Gasteiger partial charge in [0.2, 0.25) is 0 Å². The summed E-state index contributed by atoms with van der Waals surface area (Å²) >= 11 is 0. The summed E-state index contributed by atoms with van der Waals surface area (Å²) in [7, 11) is 0. The summed E-state index contributed by atoms with van der Waals surface area (Å²) in [5, 5.41) is 2.89. The van der Waals surface area contributed by atoms with Crippen LogP contribution in [0.3, 0.4) is 0 Å². The van der Waals surface area contributed by atoms with Crippen LogP contribution >= 0.6 is 0 Å². The van der Waals surface area contributed by atoms with Crippen LogP contribution in [0.1, 0.15) is 33.2 Å². The topological polar surface area (TPSA) is 88.2 Å². The molecule has 1 aliphatic rings. The molecule has 8 heteroatoms. The third kappa shape index (κ3) is 6.67. The van der Waals surface area contributed by atoms with Gasteiger partial charge in [0, 0.05) is 31.7 Å². The van der Waals surface area contributed by atoms with E-state index in [1.54, 1.807) is 25.1 Å². The first-order valence-corrected chi connectivity index (χ1v) is 12.3. The molecule has 0 spiro atoms. The Bertz CT molecular complexity index is 1240. The van der Waals surface area contributed by atoms with Gasteiger partial charge >= 0.3 is 5.97 Å². The van der Waals surface area contributed by atoms with Crippen molar-refractivity contribution in [2.45, 2.75) is 13.8 Å². The first-order valence-electron chi connectivity index (χ1n) is 12.3. The summed E-state index contributed by atoms with van der Waals surface area (Å²) in [5.74, 6) is -0.209. The van der Waals surface area contributed by atoms with E-state index in [1.807, 2.05) is 66.4 Å². The zero-order valence-electron chi connectivity index (χ0n) is 21.1. The Morgan fingerprint density at radius 1 is 0.865 bits per heavy atom. The molecule has 0 radical (unpaired) electrons. The van der Waals surface area contributed by atoms with Gasteiger partial charge in [-0.2, -0.15) is 0 Å². The summed E-state index contributed by atoms with van der Waals surface area (Å²) in [4.78, 5) is 41.9. The number of piperazine rings is 1. The number of anilines is 2. The van der Waals surface area contributed by atoms with E-state index >= 15 is 0 Å². The van der Waals surface area contributed by atoms with Crippen LogP contribution in [-0.2, 0) is 9.53 Å². The highest BCUT2D eigenvalue weighted by atomic mass is 16.5. The van der Waals surface area contributed by atoms with Gasteiger partial charge in [-0.3, -0.25) is 9.59 Å². The molecular weight excluding hydrogens is 470 g/mol. The van der Waals surface area contributed by atoms with Gasteiger partial charge in [-0.1, -0.05) is 35.9 Å². The molecular formula is C29H31N3O5. The van der Waals surface area contributed by atoms with E-state index in [0.29, 0.717) is 48.7 Å². The molecule has 1 N–H and O–H groups in total. The SMILES string of the molecule is CCOC(=O)c1ccc(N2CCN(C(=O)c3ccccc3)CC2)c(NC(=O)COc2ccc(C)cc2)c1. The van der Waals surface area contributed by atoms with Gasteiger partial charge in [0.05, 0.1) is 23.5 Å². The lowest BCUT2D eigenvalue weighted by atomic mass is 10.1. The Balaban J connectivity index is 1.46. The van der Waals surface area contributed by atoms with Gasteiger partial charge < -0.3 is 24.6 Å². The van der Waals surface area contributed by atoms with Crippen molar-refractivity contribution in [1.29, 1.82) is 0 Å². The van der Waals surface area contributed by atoms with Crippen LogP contribution in [0.4, 0.5) is 11.4 Å². The van der Waals surface area contributed by atoms with Crippen molar-refractivity contribution in [2.75, 3.05) is 49.6 Å². The number of aryl methyl sites for hydroxylation is 1. The molecule has 4 rings (SSSR count). The minimum absolute atomic E-state index is 0.000287. The van der Waals surface area contributed by atoms with Gasteiger partial charge in [-0.05, 0) is 56.3 Å². The number of carbonyl (C=O) groups is 3. The van der Waals surface area contributed by atoms with Gasteiger partial charge in [0.25, 0.3) is 11.8 Å². The number of nitrogens with zero attached hydrogens (tertiary/aromatic N) is 2. The molecule has 192 valence electrons. The molecule has 8 nitrogen and oxygen atoms in total. The minimum Gasteiger partial charge on any atom is -0.484 e. The lowest BCUT2D eigenvalue weighted by Crippen LogP contribution is -2.49. The van der Waals surface area contributed by atoms with E-state index in [-0.39, 0.29) is 25.0 Å². The van der Waals surface area contributed by atoms with E-state index in [4.69, 9.17) is 9.47 Å².